The minimum absolute atomic E-state index is 0.0553. The Kier molecular flexibility index (Phi) is 6.14. The second-order valence-electron chi connectivity index (χ2n) is 11.8. The van der Waals surface area contributed by atoms with Gasteiger partial charge in [0.25, 0.3) is 0 Å². The molecule has 3 heteroatoms. The van der Waals surface area contributed by atoms with Crippen LogP contribution in [0.3, 0.4) is 0 Å². The monoisotopic (exact) mass is 416 g/mol. The molecule has 0 spiro atoms. The first-order valence-electron chi connectivity index (χ1n) is 12.9. The van der Waals surface area contributed by atoms with E-state index in [-0.39, 0.29) is 17.3 Å². The lowest BCUT2D eigenvalue weighted by molar-refractivity contribution is -0.166. The average Bonchev–Trinajstić information content (AvgIpc) is 3.07. The largest absolute Gasteiger partial charge is 0.466 e. The lowest BCUT2D eigenvalue weighted by Crippen LogP contribution is -2.59. The molecule has 0 bridgehead atoms. The molecule has 4 fully saturated rings. The van der Waals surface area contributed by atoms with Crippen molar-refractivity contribution >= 4 is 11.8 Å². The maximum absolute atomic E-state index is 13.7. The highest BCUT2D eigenvalue weighted by atomic mass is 16.5. The van der Waals surface area contributed by atoms with Crippen molar-refractivity contribution < 1.29 is 14.3 Å². The van der Waals surface area contributed by atoms with Crippen molar-refractivity contribution in [2.45, 2.75) is 98.8 Å². The van der Waals surface area contributed by atoms with Gasteiger partial charge < -0.3 is 4.74 Å². The smallest absolute Gasteiger partial charge is 0.305 e. The number of ether oxygens (including phenoxy) is 1. The quantitative estimate of drug-likeness (QED) is 0.484. The SMILES string of the molecule is CCOC(=O)CC[C@@H](C)C1CCC2C3C(=O)C(C)C4CCCCC4(C)C3CCC21C. The molecule has 0 aromatic heterocycles. The van der Waals surface area contributed by atoms with Crippen LogP contribution in [0, 0.1) is 52.3 Å². The molecular formula is C27H44O3. The summed E-state index contributed by atoms with van der Waals surface area (Å²) >= 11 is 0. The van der Waals surface area contributed by atoms with Crippen LogP contribution in [0.5, 0.6) is 0 Å². The van der Waals surface area contributed by atoms with Crippen molar-refractivity contribution in [2.24, 2.45) is 52.3 Å². The zero-order chi connectivity index (χ0) is 21.7. The number of hydrogen-bond donors (Lipinski definition) is 0. The first-order chi connectivity index (χ1) is 14.2. The van der Waals surface area contributed by atoms with Gasteiger partial charge in [0.15, 0.2) is 0 Å². The number of fused-ring (bicyclic) bond motifs is 5. The van der Waals surface area contributed by atoms with E-state index in [4.69, 9.17) is 4.74 Å². The van der Waals surface area contributed by atoms with Crippen molar-refractivity contribution in [3.8, 4) is 0 Å². The van der Waals surface area contributed by atoms with Gasteiger partial charge in [-0.05, 0) is 92.3 Å². The third-order valence-electron chi connectivity index (χ3n) is 10.7. The third kappa shape index (κ3) is 3.37. The fourth-order valence-electron chi connectivity index (χ4n) is 9.20. The van der Waals surface area contributed by atoms with Gasteiger partial charge in [-0.2, -0.15) is 0 Å². The van der Waals surface area contributed by atoms with Gasteiger partial charge in [0.05, 0.1) is 6.61 Å². The molecule has 8 unspecified atom stereocenters. The van der Waals surface area contributed by atoms with E-state index in [1.54, 1.807) is 0 Å². The van der Waals surface area contributed by atoms with E-state index in [2.05, 4.69) is 27.7 Å². The summed E-state index contributed by atoms with van der Waals surface area (Å²) in [4.78, 5) is 25.6. The van der Waals surface area contributed by atoms with E-state index in [1.165, 1.54) is 51.4 Å². The van der Waals surface area contributed by atoms with Gasteiger partial charge in [-0.25, -0.2) is 0 Å². The first kappa shape index (κ1) is 22.3. The highest BCUT2D eigenvalue weighted by Gasteiger charge is 2.64. The fourth-order valence-corrected chi connectivity index (χ4v) is 9.20. The number of ketones is 1. The summed E-state index contributed by atoms with van der Waals surface area (Å²) in [6.07, 6.45) is 11.7. The average molecular weight is 417 g/mol. The molecule has 170 valence electrons. The Balaban J connectivity index is 1.53. The van der Waals surface area contributed by atoms with Crippen LogP contribution in [0.4, 0.5) is 0 Å². The maximum Gasteiger partial charge on any atom is 0.305 e. The van der Waals surface area contributed by atoms with Crippen LogP contribution in [0.1, 0.15) is 98.8 Å². The van der Waals surface area contributed by atoms with E-state index in [1.807, 2.05) is 6.92 Å². The molecule has 4 rings (SSSR count). The molecule has 0 aliphatic heterocycles. The number of hydrogen-bond acceptors (Lipinski definition) is 3. The van der Waals surface area contributed by atoms with Crippen LogP contribution in [-0.4, -0.2) is 18.4 Å². The van der Waals surface area contributed by atoms with E-state index in [0.717, 1.165) is 6.42 Å². The zero-order valence-corrected chi connectivity index (χ0v) is 20.0. The Bertz CT molecular complexity index is 671. The van der Waals surface area contributed by atoms with E-state index in [0.29, 0.717) is 59.7 Å². The second-order valence-corrected chi connectivity index (χ2v) is 11.8. The summed E-state index contributed by atoms with van der Waals surface area (Å²) in [5.41, 5.74) is 0.647. The zero-order valence-electron chi connectivity index (χ0n) is 20.0. The van der Waals surface area contributed by atoms with Crippen LogP contribution in [0.25, 0.3) is 0 Å². The lowest BCUT2D eigenvalue weighted by atomic mass is 9.42. The Hall–Kier alpha value is -0.860. The third-order valence-corrected chi connectivity index (χ3v) is 10.7. The Morgan fingerprint density at radius 3 is 2.50 bits per heavy atom. The topological polar surface area (TPSA) is 43.4 Å². The Labute approximate surface area is 184 Å². The number of carbonyl (C=O) groups excluding carboxylic acids is 2. The minimum Gasteiger partial charge on any atom is -0.466 e. The molecule has 4 aliphatic carbocycles. The van der Waals surface area contributed by atoms with Crippen LogP contribution in [0.2, 0.25) is 0 Å². The highest BCUT2D eigenvalue weighted by molar-refractivity contribution is 5.85. The summed E-state index contributed by atoms with van der Waals surface area (Å²) < 4.78 is 5.16. The molecule has 0 amide bonds. The molecule has 0 aromatic carbocycles. The molecule has 3 nitrogen and oxygen atoms in total. The van der Waals surface area contributed by atoms with Crippen LogP contribution < -0.4 is 0 Å². The van der Waals surface area contributed by atoms with Gasteiger partial charge in [-0.1, -0.05) is 40.5 Å². The lowest BCUT2D eigenvalue weighted by Gasteiger charge is -2.61. The van der Waals surface area contributed by atoms with Gasteiger partial charge in [0.2, 0.25) is 0 Å². The summed E-state index contributed by atoms with van der Waals surface area (Å²) in [6.45, 7) is 12.0. The Morgan fingerprint density at radius 1 is 1.03 bits per heavy atom. The van der Waals surface area contributed by atoms with E-state index >= 15 is 0 Å². The predicted molar refractivity (Wildman–Crippen MR) is 120 cm³/mol. The fraction of sp³-hybridized carbons (Fsp3) is 0.926. The predicted octanol–water partition coefficient (Wildman–Crippen LogP) is 6.44. The number of esters is 1. The molecule has 9 atom stereocenters. The van der Waals surface area contributed by atoms with E-state index < -0.39 is 0 Å². The molecule has 30 heavy (non-hydrogen) atoms. The van der Waals surface area contributed by atoms with Crippen molar-refractivity contribution in [3.63, 3.8) is 0 Å². The molecule has 0 aromatic rings. The van der Waals surface area contributed by atoms with Crippen molar-refractivity contribution in [1.29, 1.82) is 0 Å². The standard InChI is InChI=1S/C27H44O3/c1-6-30-23(28)13-10-17(2)19-11-12-21-24-22(14-16-27(19,21)5)26(4)15-8-7-9-20(26)18(3)25(24)29/h17-22,24H,6-16H2,1-5H3/t17-,18?,19?,20?,21?,22?,24?,26?,27?/m1/s1. The number of Topliss-reactive ketones (excluding diaryl/α,β-unsaturated/α-hetero) is 1. The van der Waals surface area contributed by atoms with Gasteiger partial charge >= 0.3 is 5.97 Å². The molecule has 0 radical (unpaired) electrons. The van der Waals surface area contributed by atoms with Crippen molar-refractivity contribution in [1.82, 2.24) is 0 Å². The first-order valence-corrected chi connectivity index (χ1v) is 12.9. The van der Waals surface area contributed by atoms with Crippen LogP contribution in [-0.2, 0) is 14.3 Å². The van der Waals surface area contributed by atoms with Crippen LogP contribution >= 0.6 is 0 Å². The van der Waals surface area contributed by atoms with Gasteiger partial charge in [0, 0.05) is 18.3 Å². The van der Waals surface area contributed by atoms with Crippen molar-refractivity contribution in [2.75, 3.05) is 6.61 Å². The van der Waals surface area contributed by atoms with Crippen LogP contribution in [0.15, 0.2) is 0 Å². The van der Waals surface area contributed by atoms with E-state index in [9.17, 15) is 9.59 Å². The molecular weight excluding hydrogens is 372 g/mol. The highest BCUT2D eigenvalue weighted by Crippen LogP contribution is 2.68. The van der Waals surface area contributed by atoms with Gasteiger partial charge in [-0.3, -0.25) is 9.59 Å². The summed E-state index contributed by atoms with van der Waals surface area (Å²) in [5.74, 6) is 4.04. The molecule has 0 N–H and O–H groups in total. The van der Waals surface area contributed by atoms with Gasteiger partial charge in [-0.15, -0.1) is 0 Å². The van der Waals surface area contributed by atoms with Gasteiger partial charge in [0.1, 0.15) is 5.78 Å². The molecule has 4 saturated carbocycles. The molecule has 0 heterocycles. The second kappa shape index (κ2) is 8.24. The minimum atomic E-state index is -0.0553. The summed E-state index contributed by atoms with van der Waals surface area (Å²) in [7, 11) is 0. The van der Waals surface area contributed by atoms with Crippen molar-refractivity contribution in [3.05, 3.63) is 0 Å². The summed E-state index contributed by atoms with van der Waals surface area (Å²) in [6, 6.07) is 0. The maximum atomic E-state index is 13.7. The molecule has 0 saturated heterocycles. The Morgan fingerprint density at radius 2 is 1.77 bits per heavy atom. The normalized spacial score (nSPS) is 46.5. The summed E-state index contributed by atoms with van der Waals surface area (Å²) in [5, 5.41) is 0. The number of carbonyl (C=O) groups is 2. The number of rotatable bonds is 5. The molecule has 4 aliphatic rings.